The van der Waals surface area contributed by atoms with E-state index in [4.69, 9.17) is 0 Å². The topological polar surface area (TPSA) is 24.5 Å². The highest BCUT2D eigenvalue weighted by Gasteiger charge is 2.44. The number of para-hydroxylation sites is 9. The summed E-state index contributed by atoms with van der Waals surface area (Å²) in [7, 11) is 0. The molecule has 0 saturated heterocycles. The molecular weight excluding hydrogens is 1030 g/mol. The highest BCUT2D eigenvalue weighted by molar-refractivity contribution is 7.00. The van der Waals surface area contributed by atoms with Gasteiger partial charge in [0.15, 0.2) is 0 Å². The van der Waals surface area contributed by atoms with Gasteiger partial charge in [-0.25, -0.2) is 0 Å². The second-order valence-electron chi connectivity index (χ2n) is 22.4. The average Bonchev–Trinajstić information content (AvgIpc) is 1.70. The monoisotopic (exact) mass is 1080 g/mol. The zero-order valence-electron chi connectivity index (χ0n) is 46.2. The Morgan fingerprint density at radius 2 is 0.635 bits per heavy atom. The lowest BCUT2D eigenvalue weighted by molar-refractivity contribution is 1.17. The van der Waals surface area contributed by atoms with Gasteiger partial charge < -0.3 is 28.4 Å². The Morgan fingerprint density at radius 1 is 0.247 bits per heavy atom. The smallest absolute Gasteiger partial charge is 0.252 e. The van der Waals surface area contributed by atoms with E-state index in [-0.39, 0.29) is 6.71 Å². The molecule has 0 spiro atoms. The molecule has 0 amide bonds. The maximum atomic E-state index is 2.61. The van der Waals surface area contributed by atoms with Crippen LogP contribution in [0.3, 0.4) is 0 Å². The van der Waals surface area contributed by atoms with Gasteiger partial charge in [0.2, 0.25) is 0 Å². The average molecular weight is 1080 g/mol. The quantitative estimate of drug-likeness (QED) is 0.142. The fourth-order valence-electron chi connectivity index (χ4n) is 14.6. The largest absolute Gasteiger partial charge is 0.311 e. The van der Waals surface area contributed by atoms with Gasteiger partial charge in [0.05, 0.1) is 33.1 Å². The van der Waals surface area contributed by atoms with E-state index in [2.05, 4.69) is 338 Å². The Kier molecular flexibility index (Phi) is 10.4. The van der Waals surface area contributed by atoms with Gasteiger partial charge in [-0.15, -0.1) is 0 Å². The fourth-order valence-corrected chi connectivity index (χ4v) is 14.6. The first kappa shape index (κ1) is 47.4. The van der Waals surface area contributed by atoms with Crippen LogP contribution in [0.1, 0.15) is 0 Å². The van der Waals surface area contributed by atoms with Gasteiger partial charge in [-0.05, 0) is 150 Å². The molecule has 16 aromatic rings. The van der Waals surface area contributed by atoms with Gasteiger partial charge in [0.25, 0.3) is 6.71 Å². The van der Waals surface area contributed by atoms with Gasteiger partial charge in [0, 0.05) is 101 Å². The predicted octanol–water partition coefficient (Wildman–Crippen LogP) is 18.5. The lowest BCUT2D eigenvalue weighted by Crippen LogP contribution is -2.61. The molecule has 0 fully saturated rings. The van der Waals surface area contributed by atoms with Gasteiger partial charge >= 0.3 is 0 Å². The molecule has 6 nitrogen and oxygen atoms in total. The summed E-state index contributed by atoms with van der Waals surface area (Å²) >= 11 is 0. The van der Waals surface area contributed by atoms with Crippen LogP contribution in [0.4, 0.5) is 51.2 Å². The maximum absolute atomic E-state index is 2.61. The van der Waals surface area contributed by atoms with Crippen molar-refractivity contribution in [2.75, 3.05) is 14.7 Å². The Labute approximate surface area is 491 Å². The van der Waals surface area contributed by atoms with Crippen LogP contribution in [-0.2, 0) is 0 Å². The summed E-state index contributed by atoms with van der Waals surface area (Å²) in [6.07, 6.45) is 0. The lowest BCUT2D eigenvalue weighted by Gasteiger charge is -2.44. The zero-order chi connectivity index (χ0) is 55.7. The van der Waals surface area contributed by atoms with E-state index in [9.17, 15) is 0 Å². The van der Waals surface area contributed by atoms with Crippen molar-refractivity contribution in [1.29, 1.82) is 0 Å². The molecule has 0 saturated carbocycles. The number of hydrogen-bond acceptors (Lipinski definition) is 3. The molecule has 396 valence electrons. The van der Waals surface area contributed by atoms with Crippen molar-refractivity contribution in [1.82, 2.24) is 13.7 Å². The highest BCUT2D eigenvalue weighted by atomic mass is 15.2. The zero-order valence-corrected chi connectivity index (χ0v) is 46.2. The number of rotatable bonds is 8. The lowest BCUT2D eigenvalue weighted by atomic mass is 9.33. The van der Waals surface area contributed by atoms with Crippen LogP contribution in [0.2, 0.25) is 0 Å². The summed E-state index contributed by atoms with van der Waals surface area (Å²) in [6, 6.07) is 114. The molecule has 18 rings (SSSR count). The van der Waals surface area contributed by atoms with E-state index in [1.807, 2.05) is 0 Å². The van der Waals surface area contributed by atoms with Crippen LogP contribution in [-0.4, -0.2) is 20.4 Å². The van der Waals surface area contributed by atoms with Crippen LogP contribution in [0, 0.1) is 0 Å². The molecule has 7 heteroatoms. The summed E-state index contributed by atoms with van der Waals surface area (Å²) in [5.74, 6) is 0. The summed E-state index contributed by atoms with van der Waals surface area (Å²) < 4.78 is 7.67. The SMILES string of the molecule is c1ccc(N(c2ccccc2)c2ccc3c(c2)N(c2ccccc2)c2cccc4c2B3c2cc(-n3c5ccccc5c5c6c(c7ccccc7n6-c6ccccc6)c6c(c7ccccc7n6-c6ccccc6)c53)ccc2N4c2ccccc2)cc1. The summed E-state index contributed by atoms with van der Waals surface area (Å²) in [4.78, 5) is 7.39. The Morgan fingerprint density at radius 3 is 1.09 bits per heavy atom. The molecule has 85 heavy (non-hydrogen) atoms. The second kappa shape index (κ2) is 18.6. The number of anilines is 9. The van der Waals surface area contributed by atoms with Crippen LogP contribution in [0.5, 0.6) is 0 Å². The van der Waals surface area contributed by atoms with Crippen molar-refractivity contribution in [2.45, 2.75) is 0 Å². The predicted molar refractivity (Wildman–Crippen MR) is 358 cm³/mol. The minimum atomic E-state index is -0.146. The van der Waals surface area contributed by atoms with Crippen molar-refractivity contribution >= 4 is 140 Å². The molecule has 0 N–H and O–H groups in total. The van der Waals surface area contributed by atoms with Gasteiger partial charge in [-0.1, -0.05) is 176 Å². The van der Waals surface area contributed by atoms with Gasteiger partial charge in [0.1, 0.15) is 0 Å². The minimum absolute atomic E-state index is 0.146. The van der Waals surface area contributed by atoms with E-state index >= 15 is 0 Å². The van der Waals surface area contributed by atoms with Crippen LogP contribution >= 0.6 is 0 Å². The highest BCUT2D eigenvalue weighted by Crippen LogP contribution is 2.52. The third kappa shape index (κ3) is 6.89. The Bertz CT molecular complexity index is 5200. The number of hydrogen-bond donors (Lipinski definition) is 0. The Hall–Kier alpha value is -11.3. The van der Waals surface area contributed by atoms with Crippen molar-refractivity contribution in [3.05, 3.63) is 309 Å². The molecule has 0 radical (unpaired) electrons. The van der Waals surface area contributed by atoms with E-state index in [0.717, 1.165) is 73.6 Å². The van der Waals surface area contributed by atoms with Crippen molar-refractivity contribution < 1.29 is 0 Å². The first-order valence-corrected chi connectivity index (χ1v) is 29.3. The van der Waals surface area contributed by atoms with E-state index in [0.29, 0.717) is 0 Å². The standard InChI is InChI=1S/C78H51BN6/c1-7-26-52(27-8-1)80(53-28-9-2-10-29-53)59-46-48-63-71(51-59)82(55-32-13-4-14-33-55)70-45-25-44-69-75(70)79(63)64-50-58(47-49-68(64)81(69)54-30-11-3-12-31-54)85-67-43-24-21-40-62(67)74-77-72(60-38-19-22-41-65(60)83(77)56-34-15-5-16-35-56)76-73(78(74)85)61-39-20-23-42-66(61)84(76)57-36-17-6-18-37-57/h1-51H. The van der Waals surface area contributed by atoms with E-state index in [1.165, 1.54) is 76.5 Å². The number of nitrogens with zero attached hydrogens (tertiary/aromatic N) is 6. The maximum Gasteiger partial charge on any atom is 0.252 e. The second-order valence-corrected chi connectivity index (χ2v) is 22.4. The fraction of sp³-hybridized carbons (Fsp3) is 0. The molecule has 0 bridgehead atoms. The van der Waals surface area contributed by atoms with Gasteiger partial charge in [-0.2, -0.15) is 0 Å². The summed E-state index contributed by atoms with van der Waals surface area (Å²) in [6.45, 7) is -0.146. The minimum Gasteiger partial charge on any atom is -0.311 e. The summed E-state index contributed by atoms with van der Waals surface area (Å²) in [5, 5.41) is 7.30. The molecule has 3 aromatic heterocycles. The molecule has 13 aromatic carbocycles. The molecule has 2 aliphatic rings. The molecule has 5 heterocycles. The first-order valence-electron chi connectivity index (χ1n) is 29.3. The van der Waals surface area contributed by atoms with E-state index < -0.39 is 0 Å². The van der Waals surface area contributed by atoms with Crippen LogP contribution in [0.25, 0.3) is 82.5 Å². The van der Waals surface area contributed by atoms with Crippen LogP contribution in [0.15, 0.2) is 309 Å². The molecule has 0 aliphatic carbocycles. The Balaban J connectivity index is 0.978. The molecular formula is C78H51BN6. The normalized spacial score (nSPS) is 12.6. The van der Waals surface area contributed by atoms with Crippen LogP contribution < -0.4 is 31.1 Å². The third-order valence-electron chi connectivity index (χ3n) is 17.9. The third-order valence-corrected chi connectivity index (χ3v) is 17.9. The molecule has 0 unspecified atom stereocenters. The van der Waals surface area contributed by atoms with E-state index in [1.54, 1.807) is 0 Å². The summed E-state index contributed by atoms with van der Waals surface area (Å²) in [5.41, 5.74) is 24.2. The van der Waals surface area contributed by atoms with Crippen molar-refractivity contribution in [3.63, 3.8) is 0 Å². The van der Waals surface area contributed by atoms with Crippen molar-refractivity contribution in [3.8, 4) is 17.1 Å². The number of fused-ring (bicyclic) bond motifs is 16. The van der Waals surface area contributed by atoms with Crippen molar-refractivity contribution in [2.24, 2.45) is 0 Å². The number of benzene rings is 13. The first-order chi connectivity index (χ1) is 42.3. The molecule has 2 aliphatic heterocycles. The molecule has 0 atom stereocenters. The number of aromatic nitrogens is 3. The van der Waals surface area contributed by atoms with Gasteiger partial charge in [-0.3, -0.25) is 0 Å².